The highest BCUT2D eigenvalue weighted by atomic mass is 16.5. The van der Waals surface area contributed by atoms with E-state index < -0.39 is 12.0 Å². The summed E-state index contributed by atoms with van der Waals surface area (Å²) in [7, 11) is 0. The van der Waals surface area contributed by atoms with Gasteiger partial charge in [-0.1, -0.05) is 36.4 Å². The lowest BCUT2D eigenvalue weighted by atomic mass is 9.93. The molecule has 1 aliphatic carbocycles. The summed E-state index contributed by atoms with van der Waals surface area (Å²) in [6.45, 7) is 1.57. The predicted molar refractivity (Wildman–Crippen MR) is 102 cm³/mol. The number of carboxylic acids is 1. The Balaban J connectivity index is 1.47. The first-order valence-electron chi connectivity index (χ1n) is 9.70. The third kappa shape index (κ3) is 4.14. The Kier molecular flexibility index (Phi) is 5.12. The van der Waals surface area contributed by atoms with E-state index in [4.69, 9.17) is 4.74 Å². The van der Waals surface area contributed by atoms with Gasteiger partial charge in [0.2, 0.25) is 5.91 Å². The average molecular weight is 367 g/mol. The lowest BCUT2D eigenvalue weighted by Crippen LogP contribution is -2.32. The van der Waals surface area contributed by atoms with E-state index in [0.29, 0.717) is 11.8 Å². The van der Waals surface area contributed by atoms with Crippen molar-refractivity contribution in [2.75, 3.05) is 13.2 Å². The monoisotopic (exact) mass is 367 g/mol. The maximum Gasteiger partial charge on any atom is 0.305 e. The van der Waals surface area contributed by atoms with Gasteiger partial charge in [0.1, 0.15) is 0 Å². The van der Waals surface area contributed by atoms with Gasteiger partial charge < -0.3 is 15.2 Å². The zero-order chi connectivity index (χ0) is 18.8. The van der Waals surface area contributed by atoms with Crippen molar-refractivity contribution in [2.45, 2.75) is 31.7 Å². The standard InChI is InChI=1S/C22H25NO4/c24-21(25)13-20(17-6-5-14-3-1-2-4-16(14)11-17)23-22(26)19-12-18(19)15-7-9-27-10-8-15/h1-6,11,15,18-20H,7-10,12-13H2,(H,23,26)(H,24,25)/t18-,19+,20-/m0/s1. The predicted octanol–water partition coefficient (Wildman–Crippen LogP) is 3.53. The van der Waals surface area contributed by atoms with E-state index in [1.165, 1.54) is 0 Å². The highest BCUT2D eigenvalue weighted by molar-refractivity contribution is 5.85. The van der Waals surface area contributed by atoms with Gasteiger partial charge in [-0.3, -0.25) is 9.59 Å². The molecule has 4 rings (SSSR count). The van der Waals surface area contributed by atoms with Crippen LogP contribution in [0.25, 0.3) is 10.8 Å². The number of hydrogen-bond acceptors (Lipinski definition) is 3. The molecule has 2 aromatic carbocycles. The van der Waals surface area contributed by atoms with Crippen molar-refractivity contribution in [3.8, 4) is 0 Å². The van der Waals surface area contributed by atoms with Crippen molar-refractivity contribution in [2.24, 2.45) is 17.8 Å². The Morgan fingerprint density at radius 1 is 1.11 bits per heavy atom. The molecule has 1 amide bonds. The van der Waals surface area contributed by atoms with Crippen molar-refractivity contribution >= 4 is 22.6 Å². The molecule has 0 bridgehead atoms. The molecule has 1 aliphatic heterocycles. The van der Waals surface area contributed by atoms with Crippen LogP contribution in [0.1, 0.15) is 37.3 Å². The van der Waals surface area contributed by atoms with Gasteiger partial charge in [-0.2, -0.15) is 0 Å². The Bertz CT molecular complexity index is 843. The molecule has 5 heteroatoms. The highest BCUT2D eigenvalue weighted by Gasteiger charge is 2.48. The van der Waals surface area contributed by atoms with Crippen LogP contribution in [0.3, 0.4) is 0 Å². The van der Waals surface area contributed by atoms with E-state index in [1.54, 1.807) is 0 Å². The Labute approximate surface area is 158 Å². The van der Waals surface area contributed by atoms with Gasteiger partial charge in [0.05, 0.1) is 12.5 Å². The molecular weight excluding hydrogens is 342 g/mol. The summed E-state index contributed by atoms with van der Waals surface area (Å²) in [6, 6.07) is 13.3. The van der Waals surface area contributed by atoms with E-state index >= 15 is 0 Å². The minimum absolute atomic E-state index is 0.00843. The van der Waals surface area contributed by atoms with E-state index in [-0.39, 0.29) is 18.2 Å². The van der Waals surface area contributed by atoms with Crippen molar-refractivity contribution in [3.63, 3.8) is 0 Å². The third-order valence-corrected chi connectivity index (χ3v) is 5.92. The van der Waals surface area contributed by atoms with Crippen LogP contribution in [-0.4, -0.2) is 30.2 Å². The van der Waals surface area contributed by atoms with Crippen LogP contribution in [0, 0.1) is 17.8 Å². The number of amides is 1. The van der Waals surface area contributed by atoms with Gasteiger partial charge in [0.25, 0.3) is 0 Å². The van der Waals surface area contributed by atoms with Crippen LogP contribution in [0.15, 0.2) is 42.5 Å². The minimum Gasteiger partial charge on any atom is -0.481 e. The average Bonchev–Trinajstić information content (AvgIpc) is 3.48. The number of nitrogens with one attached hydrogen (secondary N) is 1. The van der Waals surface area contributed by atoms with Crippen LogP contribution in [0.4, 0.5) is 0 Å². The van der Waals surface area contributed by atoms with E-state index in [9.17, 15) is 14.7 Å². The summed E-state index contributed by atoms with van der Waals surface area (Å²) in [4.78, 5) is 24.1. The van der Waals surface area contributed by atoms with Crippen molar-refractivity contribution in [1.29, 1.82) is 0 Å². The molecule has 3 atom stereocenters. The first-order valence-corrected chi connectivity index (χ1v) is 9.70. The normalized spacial score (nSPS) is 23.7. The molecule has 5 nitrogen and oxygen atoms in total. The number of hydrogen-bond donors (Lipinski definition) is 2. The SMILES string of the molecule is O=C(O)C[C@H](NC(=O)[C@@H]1C[C@H]1C1CCOCC1)c1ccc2ccccc2c1. The molecule has 0 aromatic heterocycles. The van der Waals surface area contributed by atoms with Crippen molar-refractivity contribution in [1.82, 2.24) is 5.32 Å². The molecule has 0 radical (unpaired) electrons. The van der Waals surface area contributed by atoms with Gasteiger partial charge in [0.15, 0.2) is 0 Å². The molecule has 0 unspecified atom stereocenters. The smallest absolute Gasteiger partial charge is 0.305 e. The fraction of sp³-hybridized carbons (Fsp3) is 0.455. The number of carboxylic acid groups (broad SMARTS) is 1. The molecule has 1 heterocycles. The van der Waals surface area contributed by atoms with Crippen LogP contribution < -0.4 is 5.32 Å². The summed E-state index contributed by atoms with van der Waals surface area (Å²) >= 11 is 0. The second-order valence-electron chi connectivity index (χ2n) is 7.72. The molecule has 2 N–H and O–H groups in total. The number of benzene rings is 2. The quantitative estimate of drug-likeness (QED) is 0.819. The molecule has 27 heavy (non-hydrogen) atoms. The maximum atomic E-state index is 12.8. The topological polar surface area (TPSA) is 75.6 Å². The molecule has 1 saturated heterocycles. The van der Waals surface area contributed by atoms with Crippen LogP contribution in [-0.2, 0) is 14.3 Å². The fourth-order valence-corrected chi connectivity index (χ4v) is 4.31. The minimum atomic E-state index is -0.912. The van der Waals surface area contributed by atoms with Crippen molar-refractivity contribution in [3.05, 3.63) is 48.0 Å². The van der Waals surface area contributed by atoms with Crippen LogP contribution >= 0.6 is 0 Å². The third-order valence-electron chi connectivity index (χ3n) is 5.92. The number of ether oxygens (including phenoxy) is 1. The molecule has 0 spiro atoms. The zero-order valence-corrected chi connectivity index (χ0v) is 15.3. The Morgan fingerprint density at radius 2 is 1.85 bits per heavy atom. The molecule has 2 aromatic rings. The first kappa shape index (κ1) is 18.0. The highest BCUT2D eigenvalue weighted by Crippen LogP contribution is 2.48. The van der Waals surface area contributed by atoms with Crippen LogP contribution in [0.2, 0.25) is 0 Å². The maximum absolute atomic E-state index is 12.8. The molecule has 2 fully saturated rings. The number of rotatable bonds is 6. The summed E-state index contributed by atoms with van der Waals surface area (Å²) in [5.41, 5.74) is 0.840. The van der Waals surface area contributed by atoms with Gasteiger partial charge in [-0.05, 0) is 53.5 Å². The second kappa shape index (κ2) is 7.69. The van der Waals surface area contributed by atoms with Crippen molar-refractivity contribution < 1.29 is 19.4 Å². The molecule has 142 valence electrons. The summed E-state index contributed by atoms with van der Waals surface area (Å²) in [5.74, 6) is 0.0880. The largest absolute Gasteiger partial charge is 0.481 e. The number of carbonyl (C=O) groups is 2. The van der Waals surface area contributed by atoms with E-state index in [1.807, 2.05) is 42.5 Å². The lowest BCUT2D eigenvalue weighted by molar-refractivity contribution is -0.137. The van der Waals surface area contributed by atoms with Gasteiger partial charge in [-0.25, -0.2) is 0 Å². The second-order valence-corrected chi connectivity index (χ2v) is 7.72. The first-order chi connectivity index (χ1) is 13.1. The summed E-state index contributed by atoms with van der Waals surface area (Å²) < 4.78 is 5.41. The number of carbonyl (C=O) groups excluding carboxylic acids is 1. The number of fused-ring (bicyclic) bond motifs is 1. The van der Waals surface area contributed by atoms with E-state index in [0.717, 1.165) is 48.8 Å². The fourth-order valence-electron chi connectivity index (χ4n) is 4.31. The molecule has 2 aliphatic rings. The molecular formula is C22H25NO4. The Hall–Kier alpha value is -2.40. The number of aliphatic carboxylic acids is 1. The van der Waals surface area contributed by atoms with Gasteiger partial charge >= 0.3 is 5.97 Å². The molecule has 1 saturated carbocycles. The van der Waals surface area contributed by atoms with Gasteiger partial charge in [-0.15, -0.1) is 0 Å². The van der Waals surface area contributed by atoms with E-state index in [2.05, 4.69) is 5.32 Å². The summed E-state index contributed by atoms with van der Waals surface area (Å²) in [6.07, 6.45) is 2.85. The lowest BCUT2D eigenvalue weighted by Gasteiger charge is -2.22. The van der Waals surface area contributed by atoms with Gasteiger partial charge in [0, 0.05) is 19.1 Å². The van der Waals surface area contributed by atoms with Crippen LogP contribution in [0.5, 0.6) is 0 Å². The Morgan fingerprint density at radius 3 is 2.59 bits per heavy atom. The zero-order valence-electron chi connectivity index (χ0n) is 15.3. The summed E-state index contributed by atoms with van der Waals surface area (Å²) in [5, 5.41) is 14.5.